The molecule has 0 radical (unpaired) electrons. The lowest BCUT2D eigenvalue weighted by atomic mass is 9.83. The SMILES string of the molecule is [C-]#[N+]C([N+]#[C-])=C1c2cc(OC(F)(F)F)ccc2-c2c1c1c(c3c2/C(=C(/C#N)[N+]#[C-])c2cc(OC(F)(F)F)ccc2-3)/C(=C(\C#N)[N+]#[C-])c2cc(OC)ccc2-1. The number of fused-ring (bicyclic) bond motifs is 12. The van der Waals surface area contributed by atoms with Gasteiger partial charge in [0, 0.05) is 11.1 Å². The van der Waals surface area contributed by atoms with Gasteiger partial charge < -0.3 is 14.2 Å². The minimum Gasteiger partial charge on any atom is -0.497 e. The van der Waals surface area contributed by atoms with Crippen LogP contribution in [0.25, 0.3) is 69.5 Å². The van der Waals surface area contributed by atoms with Crippen LogP contribution in [-0.2, 0) is 0 Å². The molecule has 0 atom stereocenters. The molecule has 9 nitrogen and oxygen atoms in total. The van der Waals surface area contributed by atoms with Gasteiger partial charge in [-0.3, -0.25) is 0 Å². The number of nitrogens with zero attached hydrogens (tertiary/aromatic N) is 6. The van der Waals surface area contributed by atoms with Crippen LogP contribution in [0.15, 0.2) is 71.8 Å². The Kier molecular flexibility index (Phi) is 7.70. The van der Waals surface area contributed by atoms with Crippen LogP contribution in [-0.4, -0.2) is 19.8 Å². The van der Waals surface area contributed by atoms with Gasteiger partial charge in [-0.2, -0.15) is 9.69 Å². The predicted octanol–water partition coefficient (Wildman–Crippen LogP) is 10.4. The summed E-state index contributed by atoms with van der Waals surface area (Å²) in [4.78, 5) is 13.6. The van der Waals surface area contributed by atoms with Crippen molar-refractivity contribution >= 4 is 16.7 Å². The number of allylic oxidation sites excluding steroid dienone is 2. The maximum atomic E-state index is 13.5. The molecule has 15 heteroatoms. The first-order valence-corrected chi connectivity index (χ1v) is 15.0. The van der Waals surface area contributed by atoms with Crippen molar-refractivity contribution in [3.05, 3.63) is 151 Å². The minimum atomic E-state index is -5.14. The fraction of sp³-hybridized carbons (Fsp3) is 0.0769. The van der Waals surface area contributed by atoms with Gasteiger partial charge in [0.05, 0.1) is 38.0 Å². The number of halogens is 6. The monoisotopic (exact) mass is 726 g/mol. The summed E-state index contributed by atoms with van der Waals surface area (Å²) in [6.45, 7) is 31.7. The van der Waals surface area contributed by atoms with E-state index in [9.17, 15) is 36.9 Å². The van der Waals surface area contributed by atoms with Crippen molar-refractivity contribution < 1.29 is 40.6 Å². The second kappa shape index (κ2) is 12.1. The van der Waals surface area contributed by atoms with Gasteiger partial charge in [0.2, 0.25) is 0 Å². The standard InChI is InChI=1S/C39H12F6N6O3/c1-48-26(15-46)28-23-12-17(52-5)6-9-20(23)31-34(28)30-21-10-7-18(53-38(40,41)42)13-24(21)29(27(16-47)49-2)35(30)32-22-11-8-19(54-39(43,44)45)14-25(22)33(36(31)32)37(50-3)51-4/h6-14H,5H3/b28-26+,29-27-. The van der Waals surface area contributed by atoms with Gasteiger partial charge in [0.25, 0.3) is 11.4 Å². The summed E-state index contributed by atoms with van der Waals surface area (Å²) in [5.74, 6) is -1.71. The molecule has 258 valence electrons. The maximum Gasteiger partial charge on any atom is 0.573 e. The molecule has 4 aromatic carbocycles. The highest BCUT2D eigenvalue weighted by atomic mass is 19.4. The molecular formula is C39H12F6N6O3. The largest absolute Gasteiger partial charge is 0.573 e. The van der Waals surface area contributed by atoms with Crippen LogP contribution in [0.2, 0.25) is 0 Å². The summed E-state index contributed by atoms with van der Waals surface area (Å²) in [6.07, 6.45) is -10.3. The molecule has 0 saturated heterocycles. The third-order valence-electron chi connectivity index (χ3n) is 8.89. The van der Waals surface area contributed by atoms with Gasteiger partial charge in [-0.25, -0.2) is 20.2 Å². The van der Waals surface area contributed by atoms with E-state index in [2.05, 4.69) is 28.9 Å². The fourth-order valence-corrected chi connectivity index (χ4v) is 7.21. The van der Waals surface area contributed by atoms with Crippen molar-refractivity contribution in [2.75, 3.05) is 7.11 Å². The minimum absolute atomic E-state index is 0.0307. The van der Waals surface area contributed by atoms with Crippen LogP contribution >= 0.6 is 0 Å². The molecule has 0 saturated carbocycles. The molecule has 3 aliphatic carbocycles. The van der Waals surface area contributed by atoms with Crippen molar-refractivity contribution in [3.63, 3.8) is 0 Å². The fourth-order valence-electron chi connectivity index (χ4n) is 7.21. The van der Waals surface area contributed by atoms with E-state index in [1.807, 2.05) is 6.07 Å². The predicted molar refractivity (Wildman–Crippen MR) is 178 cm³/mol. The Morgan fingerprint density at radius 1 is 0.519 bits per heavy atom. The third-order valence-corrected chi connectivity index (χ3v) is 8.89. The lowest BCUT2D eigenvalue weighted by Gasteiger charge is -2.18. The van der Waals surface area contributed by atoms with Crippen LogP contribution in [0.1, 0.15) is 33.4 Å². The Morgan fingerprint density at radius 2 is 0.870 bits per heavy atom. The number of hydrogen-bond donors (Lipinski definition) is 0. The zero-order valence-electron chi connectivity index (χ0n) is 26.9. The zero-order valence-corrected chi connectivity index (χ0v) is 26.9. The number of hydrogen-bond acceptors (Lipinski definition) is 5. The van der Waals surface area contributed by atoms with Crippen LogP contribution in [0, 0.1) is 49.0 Å². The number of nitriles is 2. The Labute approximate surface area is 301 Å². The molecule has 4 aromatic rings. The number of alkyl halides is 6. The third kappa shape index (κ3) is 5.05. The van der Waals surface area contributed by atoms with E-state index in [-0.39, 0.29) is 77.9 Å². The van der Waals surface area contributed by atoms with Crippen LogP contribution < -0.4 is 14.2 Å². The highest BCUT2D eigenvalue weighted by molar-refractivity contribution is 6.24. The zero-order chi connectivity index (χ0) is 38.9. The Bertz CT molecular complexity index is 2730. The maximum absolute atomic E-state index is 13.5. The second-order valence-corrected chi connectivity index (χ2v) is 11.5. The Hall–Kier alpha value is -7.98. The number of rotatable bonds is 3. The topological polar surface area (TPSA) is 92.7 Å². The second-order valence-electron chi connectivity index (χ2n) is 11.5. The van der Waals surface area contributed by atoms with Gasteiger partial charge in [0.15, 0.2) is 0 Å². The van der Waals surface area contributed by atoms with Crippen LogP contribution in [0.3, 0.4) is 0 Å². The molecule has 0 spiro atoms. The number of ether oxygens (including phenoxy) is 3. The molecule has 0 bridgehead atoms. The van der Waals surface area contributed by atoms with E-state index >= 15 is 0 Å². The molecule has 3 aliphatic rings. The van der Waals surface area contributed by atoms with Gasteiger partial charge in [0.1, 0.15) is 30.4 Å². The van der Waals surface area contributed by atoms with E-state index in [1.165, 1.54) is 25.3 Å². The summed E-state index contributed by atoms with van der Waals surface area (Å²) in [6, 6.07) is 14.8. The lowest BCUT2D eigenvalue weighted by Crippen LogP contribution is -2.17. The number of methoxy groups -OCH3 is 1. The smallest absolute Gasteiger partial charge is 0.497 e. The van der Waals surface area contributed by atoms with E-state index in [0.29, 0.717) is 11.3 Å². The molecule has 0 N–H and O–H groups in total. The first-order chi connectivity index (χ1) is 25.7. The molecular weight excluding hydrogens is 714 g/mol. The summed E-state index contributed by atoms with van der Waals surface area (Å²) in [5, 5.41) is 20.5. The van der Waals surface area contributed by atoms with Gasteiger partial charge in [-0.1, -0.05) is 18.2 Å². The molecule has 0 aliphatic heterocycles. The summed E-state index contributed by atoms with van der Waals surface area (Å²) < 4.78 is 94.7. The van der Waals surface area contributed by atoms with Crippen molar-refractivity contribution in [2.45, 2.75) is 12.7 Å². The van der Waals surface area contributed by atoms with Crippen molar-refractivity contribution in [2.24, 2.45) is 0 Å². The lowest BCUT2D eigenvalue weighted by molar-refractivity contribution is -0.275. The van der Waals surface area contributed by atoms with E-state index in [4.69, 9.17) is 31.0 Å². The van der Waals surface area contributed by atoms with Crippen LogP contribution in [0.4, 0.5) is 26.3 Å². The Balaban J connectivity index is 1.79. The molecule has 7 rings (SSSR count). The molecule has 0 amide bonds. The first-order valence-electron chi connectivity index (χ1n) is 15.0. The van der Waals surface area contributed by atoms with Crippen LogP contribution in [0.5, 0.6) is 17.2 Å². The average Bonchev–Trinajstić information content (AvgIpc) is 3.74. The highest BCUT2D eigenvalue weighted by Gasteiger charge is 2.46. The number of benzene rings is 4. The van der Waals surface area contributed by atoms with Gasteiger partial charge in [-0.15, -0.1) is 26.3 Å². The quantitative estimate of drug-likeness (QED) is 0.103. The summed E-state index contributed by atoms with van der Waals surface area (Å²) >= 11 is 0. The highest BCUT2D eigenvalue weighted by Crippen LogP contribution is 2.65. The van der Waals surface area contributed by atoms with Gasteiger partial charge in [-0.05, 0) is 103 Å². The van der Waals surface area contributed by atoms with Gasteiger partial charge >= 0.3 is 18.5 Å². The van der Waals surface area contributed by atoms with E-state index < -0.39 is 41.4 Å². The van der Waals surface area contributed by atoms with E-state index in [1.54, 1.807) is 18.2 Å². The van der Waals surface area contributed by atoms with Crippen molar-refractivity contribution in [1.82, 2.24) is 0 Å². The van der Waals surface area contributed by atoms with Crippen molar-refractivity contribution in [3.8, 4) is 62.8 Å². The normalized spacial score (nSPS) is 14.5. The molecule has 0 unspecified atom stereocenters. The molecule has 54 heavy (non-hydrogen) atoms. The molecule has 0 fully saturated rings. The summed E-state index contributed by atoms with van der Waals surface area (Å²) in [7, 11) is 1.38. The van der Waals surface area contributed by atoms with Crippen molar-refractivity contribution in [1.29, 1.82) is 10.5 Å². The Morgan fingerprint density at radius 3 is 1.20 bits per heavy atom. The summed E-state index contributed by atoms with van der Waals surface area (Å²) in [5.41, 5.74) is 0.201. The molecule has 0 aromatic heterocycles. The average molecular weight is 727 g/mol. The molecule has 0 heterocycles. The van der Waals surface area contributed by atoms with E-state index in [0.717, 1.165) is 24.3 Å². The first kappa shape index (κ1) is 34.5.